The molecule has 1 heterocycles. The quantitative estimate of drug-likeness (QED) is 0.299. The maximum absolute atomic E-state index is 13.3. The van der Waals surface area contributed by atoms with E-state index in [0.29, 0.717) is 5.56 Å². The Labute approximate surface area is 200 Å². The van der Waals surface area contributed by atoms with Gasteiger partial charge in [-0.1, -0.05) is 12.1 Å². The number of aliphatic hydroxyl groups excluding tert-OH is 3. The van der Waals surface area contributed by atoms with E-state index in [1.165, 1.54) is 31.2 Å². The number of carbonyl (C=O) groups is 2. The fourth-order valence-electron chi connectivity index (χ4n) is 5.28. The first-order chi connectivity index (χ1) is 16.4. The third-order valence-corrected chi connectivity index (χ3v) is 7.04. The van der Waals surface area contributed by atoms with E-state index in [1.54, 1.807) is 6.92 Å². The Morgan fingerprint density at radius 1 is 1.00 bits per heavy atom. The number of phenols is 2. The first-order valence-corrected chi connectivity index (χ1v) is 11.3. The minimum absolute atomic E-state index is 0.0116. The Bertz CT molecular complexity index is 1240. The summed E-state index contributed by atoms with van der Waals surface area (Å²) in [5.41, 5.74) is -1.37. The summed E-state index contributed by atoms with van der Waals surface area (Å²) >= 11 is 0. The average Bonchev–Trinajstić information content (AvgIpc) is 2.78. The van der Waals surface area contributed by atoms with Gasteiger partial charge in [-0.05, 0) is 31.5 Å². The lowest BCUT2D eigenvalue weighted by Crippen LogP contribution is -2.57. The van der Waals surface area contributed by atoms with E-state index in [0.717, 1.165) is 0 Å². The Morgan fingerprint density at radius 2 is 1.71 bits per heavy atom. The molecule has 1 saturated heterocycles. The van der Waals surface area contributed by atoms with Gasteiger partial charge < -0.3 is 40.1 Å². The predicted molar refractivity (Wildman–Crippen MR) is 118 cm³/mol. The molecule has 0 bridgehead atoms. The molecule has 0 amide bonds. The maximum atomic E-state index is 13.3. The summed E-state index contributed by atoms with van der Waals surface area (Å²) in [6, 6.07) is 5.57. The number of fused-ring (bicyclic) bond motifs is 3. The summed E-state index contributed by atoms with van der Waals surface area (Å²) in [4.78, 5) is 26.5. The summed E-state index contributed by atoms with van der Waals surface area (Å²) in [5, 5.41) is 62.9. The van der Waals surface area contributed by atoms with E-state index in [1.807, 2.05) is 0 Å². The molecule has 6 N–H and O–H groups in total. The molecule has 2 aromatic rings. The molecule has 0 aromatic heterocycles. The van der Waals surface area contributed by atoms with Crippen molar-refractivity contribution in [1.29, 1.82) is 0 Å². The lowest BCUT2D eigenvalue weighted by Gasteiger charge is -2.43. The van der Waals surface area contributed by atoms with E-state index >= 15 is 0 Å². The molecule has 3 aliphatic rings. The first kappa shape index (κ1) is 23.9. The van der Waals surface area contributed by atoms with Crippen molar-refractivity contribution in [3.8, 4) is 11.5 Å². The van der Waals surface area contributed by atoms with Crippen LogP contribution in [0.4, 0.5) is 0 Å². The Balaban J connectivity index is 1.61. The van der Waals surface area contributed by atoms with Gasteiger partial charge in [-0.25, -0.2) is 0 Å². The second kappa shape index (κ2) is 8.09. The van der Waals surface area contributed by atoms with E-state index in [4.69, 9.17) is 9.47 Å². The number of ether oxygens (including phenoxy) is 2. The van der Waals surface area contributed by atoms with Crippen LogP contribution in [0.15, 0.2) is 24.3 Å². The van der Waals surface area contributed by atoms with Gasteiger partial charge in [0.1, 0.15) is 29.8 Å². The Kier molecular flexibility index (Phi) is 5.51. The average molecular weight is 486 g/mol. The molecule has 0 radical (unpaired) electrons. The second-order valence-electron chi connectivity index (χ2n) is 9.76. The summed E-state index contributed by atoms with van der Waals surface area (Å²) in [6.07, 6.45) is -7.92. The van der Waals surface area contributed by atoms with Crippen molar-refractivity contribution in [2.75, 3.05) is 0 Å². The van der Waals surface area contributed by atoms with Crippen molar-refractivity contribution in [3.63, 3.8) is 0 Å². The zero-order chi connectivity index (χ0) is 25.4. The fraction of sp³-hybridized carbons (Fsp3) is 0.440. The van der Waals surface area contributed by atoms with Gasteiger partial charge in [0.15, 0.2) is 12.1 Å². The standard InChI is InChI=1S/C25H26O10/c1-9-18(27)22(31)23(32)24(34-9)35-14-8-25(2,33)7-10-6-12-17(20(29)15(10)14)21(30)16-11(19(12)28)4-3-5-13(16)26/h3-6,9,14,18,22-24,26-27,29,31-33H,7-8H2,1-2H3/t9-,14-,18-,22+,23+,24-,25+/m0/s1. The van der Waals surface area contributed by atoms with Gasteiger partial charge in [-0.3, -0.25) is 9.59 Å². The molecule has 7 atom stereocenters. The van der Waals surface area contributed by atoms with Gasteiger partial charge in [-0.2, -0.15) is 0 Å². The second-order valence-corrected chi connectivity index (χ2v) is 9.76. The van der Waals surface area contributed by atoms with Gasteiger partial charge in [0.2, 0.25) is 5.78 Å². The number of phenolic OH excluding ortho intramolecular Hbond substituents is 2. The van der Waals surface area contributed by atoms with Crippen molar-refractivity contribution in [3.05, 3.63) is 57.6 Å². The van der Waals surface area contributed by atoms with Gasteiger partial charge in [0.05, 0.1) is 28.9 Å². The van der Waals surface area contributed by atoms with Crippen molar-refractivity contribution < 1.29 is 49.7 Å². The summed E-state index contributed by atoms with van der Waals surface area (Å²) in [7, 11) is 0. The van der Waals surface area contributed by atoms with Crippen LogP contribution in [0, 0.1) is 0 Å². The van der Waals surface area contributed by atoms with Crippen LogP contribution in [0.25, 0.3) is 0 Å². The topological polar surface area (TPSA) is 174 Å². The lowest BCUT2D eigenvalue weighted by molar-refractivity contribution is -0.308. The van der Waals surface area contributed by atoms with Crippen LogP contribution < -0.4 is 0 Å². The molecule has 0 saturated carbocycles. The zero-order valence-corrected chi connectivity index (χ0v) is 19.0. The first-order valence-electron chi connectivity index (χ1n) is 11.3. The minimum atomic E-state index is -1.62. The minimum Gasteiger partial charge on any atom is -0.507 e. The highest BCUT2D eigenvalue weighted by molar-refractivity contribution is 6.30. The third kappa shape index (κ3) is 3.65. The molecule has 1 fully saturated rings. The van der Waals surface area contributed by atoms with Crippen LogP contribution >= 0.6 is 0 Å². The summed E-state index contributed by atoms with van der Waals surface area (Å²) < 4.78 is 11.4. The van der Waals surface area contributed by atoms with E-state index in [9.17, 15) is 40.2 Å². The van der Waals surface area contributed by atoms with Crippen LogP contribution in [-0.2, 0) is 15.9 Å². The molecule has 2 aromatic carbocycles. The van der Waals surface area contributed by atoms with Gasteiger partial charge in [0.25, 0.3) is 0 Å². The number of ketones is 2. The molecular weight excluding hydrogens is 460 g/mol. The van der Waals surface area contributed by atoms with Crippen LogP contribution in [0.2, 0.25) is 0 Å². The van der Waals surface area contributed by atoms with Gasteiger partial charge >= 0.3 is 0 Å². The maximum Gasteiger partial charge on any atom is 0.201 e. The molecule has 0 unspecified atom stereocenters. The fourth-order valence-corrected chi connectivity index (χ4v) is 5.28. The number of hydrogen-bond donors (Lipinski definition) is 6. The molecule has 186 valence electrons. The number of aliphatic hydroxyl groups is 4. The molecule has 0 spiro atoms. The van der Waals surface area contributed by atoms with Crippen molar-refractivity contribution in [1.82, 2.24) is 0 Å². The largest absolute Gasteiger partial charge is 0.507 e. The SMILES string of the molecule is C[C@@H]1O[C@@H](O[C@H]2C[C@](C)(O)Cc3cc4c(c(O)c32)C(=O)c2c(O)cccc2C4=O)[C@H](O)[C@H](O)[C@H]1O. The van der Waals surface area contributed by atoms with Gasteiger partial charge in [-0.15, -0.1) is 0 Å². The van der Waals surface area contributed by atoms with Gasteiger partial charge in [0, 0.05) is 29.5 Å². The highest BCUT2D eigenvalue weighted by Crippen LogP contribution is 2.48. The van der Waals surface area contributed by atoms with E-state index < -0.39 is 59.7 Å². The number of hydrogen-bond acceptors (Lipinski definition) is 10. The molecular formula is C25H26O10. The number of benzene rings is 2. The van der Waals surface area contributed by atoms with Crippen molar-refractivity contribution in [2.45, 2.75) is 69.1 Å². The predicted octanol–water partition coefficient (Wildman–Crippen LogP) is 0.456. The van der Waals surface area contributed by atoms with Crippen LogP contribution in [0.3, 0.4) is 0 Å². The van der Waals surface area contributed by atoms with E-state index in [2.05, 4.69) is 0 Å². The summed E-state index contributed by atoms with van der Waals surface area (Å²) in [5.74, 6) is -2.20. The van der Waals surface area contributed by atoms with Crippen molar-refractivity contribution >= 4 is 11.6 Å². The molecule has 10 nitrogen and oxygen atoms in total. The molecule has 5 rings (SSSR count). The summed E-state index contributed by atoms with van der Waals surface area (Å²) in [6.45, 7) is 3.03. The number of carbonyl (C=O) groups excluding carboxylic acids is 2. The highest BCUT2D eigenvalue weighted by Gasteiger charge is 2.47. The van der Waals surface area contributed by atoms with Crippen molar-refractivity contribution in [2.24, 2.45) is 0 Å². The molecule has 35 heavy (non-hydrogen) atoms. The van der Waals surface area contributed by atoms with E-state index in [-0.39, 0.29) is 46.4 Å². The lowest BCUT2D eigenvalue weighted by atomic mass is 9.74. The molecule has 10 heteroatoms. The highest BCUT2D eigenvalue weighted by atomic mass is 16.7. The van der Waals surface area contributed by atoms with Crippen LogP contribution in [0.1, 0.15) is 69.3 Å². The monoisotopic (exact) mass is 486 g/mol. The molecule has 2 aliphatic carbocycles. The number of aromatic hydroxyl groups is 2. The van der Waals surface area contributed by atoms with Crippen LogP contribution in [-0.4, -0.2) is 78.5 Å². The number of rotatable bonds is 2. The normalized spacial score (nSPS) is 34.2. The Hall–Kier alpha value is -2.86. The zero-order valence-electron chi connectivity index (χ0n) is 19.0. The molecule has 1 aliphatic heterocycles. The smallest absolute Gasteiger partial charge is 0.201 e. The Morgan fingerprint density at radius 3 is 2.43 bits per heavy atom. The van der Waals surface area contributed by atoms with Crippen LogP contribution in [0.5, 0.6) is 11.5 Å². The third-order valence-electron chi connectivity index (χ3n) is 7.04.